The minimum atomic E-state index is -0.854. The van der Waals surface area contributed by atoms with Gasteiger partial charge in [0.1, 0.15) is 12.4 Å². The Kier molecular flexibility index (Phi) is 4.99. The van der Waals surface area contributed by atoms with Crippen LogP contribution < -0.4 is 4.74 Å². The molecule has 0 heterocycles. The summed E-state index contributed by atoms with van der Waals surface area (Å²) < 4.78 is 5.76. The minimum absolute atomic E-state index is 0.0253. The van der Waals surface area contributed by atoms with Gasteiger partial charge in [0.25, 0.3) is 0 Å². The average Bonchev–Trinajstić information content (AvgIpc) is 2.46. The quantitative estimate of drug-likeness (QED) is 0.871. The normalized spacial score (nSPS) is 10.6. The first-order valence-corrected chi connectivity index (χ1v) is 7.07. The van der Waals surface area contributed by atoms with E-state index in [1.54, 1.807) is 12.1 Å². The monoisotopic (exact) mass is 284 g/mol. The van der Waals surface area contributed by atoms with Crippen LogP contribution >= 0.6 is 0 Å². The van der Waals surface area contributed by atoms with Crippen LogP contribution in [0, 0.1) is 0 Å². The van der Waals surface area contributed by atoms with Gasteiger partial charge in [0, 0.05) is 5.56 Å². The summed E-state index contributed by atoms with van der Waals surface area (Å²) in [5.41, 5.74) is 3.07. The molecule has 110 valence electrons. The molecule has 0 aliphatic heterocycles. The number of rotatable bonds is 6. The summed E-state index contributed by atoms with van der Waals surface area (Å²) in [4.78, 5) is 10.8. The lowest BCUT2D eigenvalue weighted by molar-refractivity contribution is -0.136. The summed E-state index contributed by atoms with van der Waals surface area (Å²) in [5, 5.41) is 8.90. The Balaban J connectivity index is 2.04. The Labute approximate surface area is 125 Å². The third-order valence-electron chi connectivity index (χ3n) is 3.36. The number of hydrogen-bond donors (Lipinski definition) is 1. The number of ether oxygens (including phenoxy) is 1. The zero-order valence-electron chi connectivity index (χ0n) is 12.4. The summed E-state index contributed by atoms with van der Waals surface area (Å²) in [6.45, 7) is 4.76. The van der Waals surface area contributed by atoms with E-state index in [2.05, 4.69) is 38.1 Å². The highest BCUT2D eigenvalue weighted by molar-refractivity contribution is 5.71. The van der Waals surface area contributed by atoms with Gasteiger partial charge in [-0.25, -0.2) is 0 Å². The molecule has 0 radical (unpaired) electrons. The van der Waals surface area contributed by atoms with Gasteiger partial charge in [0.15, 0.2) is 0 Å². The summed E-state index contributed by atoms with van der Waals surface area (Å²) >= 11 is 0. The molecule has 0 spiro atoms. The van der Waals surface area contributed by atoms with E-state index in [1.165, 1.54) is 5.56 Å². The van der Waals surface area contributed by atoms with E-state index >= 15 is 0 Å². The maximum absolute atomic E-state index is 10.8. The predicted octanol–water partition coefficient (Wildman–Crippen LogP) is 4.02. The number of benzene rings is 2. The Morgan fingerprint density at radius 1 is 1.10 bits per heavy atom. The van der Waals surface area contributed by atoms with Crippen LogP contribution in [-0.4, -0.2) is 11.1 Å². The number of carbonyl (C=O) groups is 1. The first kappa shape index (κ1) is 15.1. The van der Waals surface area contributed by atoms with Gasteiger partial charge < -0.3 is 9.84 Å². The van der Waals surface area contributed by atoms with Crippen molar-refractivity contribution in [3.63, 3.8) is 0 Å². The van der Waals surface area contributed by atoms with Crippen LogP contribution in [0.3, 0.4) is 0 Å². The van der Waals surface area contributed by atoms with Crippen molar-refractivity contribution in [2.75, 3.05) is 0 Å². The number of para-hydroxylation sites is 1. The largest absolute Gasteiger partial charge is 0.489 e. The lowest BCUT2D eigenvalue weighted by Gasteiger charge is -2.11. The van der Waals surface area contributed by atoms with Crippen LogP contribution in [0.4, 0.5) is 0 Å². The number of aliphatic carboxylic acids is 1. The van der Waals surface area contributed by atoms with Gasteiger partial charge >= 0.3 is 5.97 Å². The summed E-state index contributed by atoms with van der Waals surface area (Å²) in [6.07, 6.45) is -0.0253. The van der Waals surface area contributed by atoms with Crippen molar-refractivity contribution in [2.24, 2.45) is 0 Å². The van der Waals surface area contributed by atoms with Crippen LogP contribution in [-0.2, 0) is 17.8 Å². The molecule has 0 saturated carbocycles. The Hall–Kier alpha value is -2.29. The van der Waals surface area contributed by atoms with E-state index in [0.29, 0.717) is 23.8 Å². The van der Waals surface area contributed by atoms with E-state index in [0.717, 1.165) is 5.56 Å². The van der Waals surface area contributed by atoms with Gasteiger partial charge in [-0.2, -0.15) is 0 Å². The maximum atomic E-state index is 10.8. The zero-order chi connectivity index (χ0) is 15.2. The Morgan fingerprint density at radius 3 is 2.38 bits per heavy atom. The van der Waals surface area contributed by atoms with Gasteiger partial charge in [0.05, 0.1) is 6.42 Å². The summed E-state index contributed by atoms with van der Waals surface area (Å²) in [6, 6.07) is 15.6. The van der Waals surface area contributed by atoms with E-state index in [-0.39, 0.29) is 6.42 Å². The molecule has 3 heteroatoms. The highest BCUT2D eigenvalue weighted by Crippen LogP contribution is 2.21. The zero-order valence-corrected chi connectivity index (χ0v) is 12.4. The highest BCUT2D eigenvalue weighted by atomic mass is 16.5. The predicted molar refractivity (Wildman–Crippen MR) is 82.6 cm³/mol. The van der Waals surface area contributed by atoms with Crippen LogP contribution in [0.15, 0.2) is 48.5 Å². The first-order chi connectivity index (χ1) is 10.1. The minimum Gasteiger partial charge on any atom is -0.489 e. The van der Waals surface area contributed by atoms with Crippen molar-refractivity contribution in [3.05, 3.63) is 65.2 Å². The standard InChI is InChI=1S/C18H20O3/c1-13(2)15-9-7-14(8-10-15)12-21-17-6-4-3-5-16(17)11-18(19)20/h3-10,13H,11-12H2,1-2H3,(H,19,20). The molecule has 2 rings (SSSR count). The second-order valence-electron chi connectivity index (χ2n) is 5.36. The molecular formula is C18H20O3. The highest BCUT2D eigenvalue weighted by Gasteiger charge is 2.07. The molecule has 0 aromatic heterocycles. The molecule has 0 bridgehead atoms. The van der Waals surface area contributed by atoms with Gasteiger partial charge in [-0.05, 0) is 23.1 Å². The average molecular weight is 284 g/mol. The number of carboxylic acids is 1. The first-order valence-electron chi connectivity index (χ1n) is 7.07. The van der Waals surface area contributed by atoms with Crippen molar-refractivity contribution in [3.8, 4) is 5.75 Å². The SMILES string of the molecule is CC(C)c1ccc(COc2ccccc2CC(=O)O)cc1. The molecule has 1 N–H and O–H groups in total. The number of hydrogen-bond acceptors (Lipinski definition) is 2. The van der Waals surface area contributed by atoms with Crippen molar-refractivity contribution < 1.29 is 14.6 Å². The fourth-order valence-electron chi connectivity index (χ4n) is 2.11. The second kappa shape index (κ2) is 6.93. The third kappa shape index (κ3) is 4.35. The van der Waals surface area contributed by atoms with E-state index in [4.69, 9.17) is 9.84 Å². The van der Waals surface area contributed by atoms with Gasteiger partial charge in [-0.15, -0.1) is 0 Å². The van der Waals surface area contributed by atoms with Gasteiger partial charge in [0.2, 0.25) is 0 Å². The molecule has 2 aromatic carbocycles. The fourth-order valence-corrected chi connectivity index (χ4v) is 2.11. The smallest absolute Gasteiger partial charge is 0.307 e. The van der Waals surface area contributed by atoms with Crippen LogP contribution in [0.5, 0.6) is 5.75 Å². The summed E-state index contributed by atoms with van der Waals surface area (Å²) in [5.74, 6) is 0.288. The second-order valence-corrected chi connectivity index (χ2v) is 5.36. The molecule has 0 saturated heterocycles. The molecular weight excluding hydrogens is 264 g/mol. The van der Waals surface area contributed by atoms with Crippen LogP contribution in [0.25, 0.3) is 0 Å². The molecule has 21 heavy (non-hydrogen) atoms. The van der Waals surface area contributed by atoms with Gasteiger partial charge in [-0.3, -0.25) is 4.79 Å². The summed E-state index contributed by atoms with van der Waals surface area (Å²) in [7, 11) is 0. The van der Waals surface area contributed by atoms with Crippen molar-refractivity contribution in [1.29, 1.82) is 0 Å². The molecule has 0 unspecified atom stereocenters. The van der Waals surface area contributed by atoms with Crippen LogP contribution in [0.2, 0.25) is 0 Å². The number of carboxylic acid groups (broad SMARTS) is 1. The maximum Gasteiger partial charge on any atom is 0.307 e. The van der Waals surface area contributed by atoms with E-state index < -0.39 is 5.97 Å². The fraction of sp³-hybridized carbons (Fsp3) is 0.278. The van der Waals surface area contributed by atoms with E-state index in [1.807, 2.05) is 12.1 Å². The Bertz CT molecular complexity index is 600. The lowest BCUT2D eigenvalue weighted by Crippen LogP contribution is -2.04. The van der Waals surface area contributed by atoms with Crippen molar-refractivity contribution in [1.82, 2.24) is 0 Å². The molecule has 0 aliphatic carbocycles. The molecule has 0 atom stereocenters. The van der Waals surface area contributed by atoms with E-state index in [9.17, 15) is 4.79 Å². The van der Waals surface area contributed by atoms with Gasteiger partial charge in [-0.1, -0.05) is 56.3 Å². The topological polar surface area (TPSA) is 46.5 Å². The third-order valence-corrected chi connectivity index (χ3v) is 3.36. The molecule has 3 nitrogen and oxygen atoms in total. The van der Waals surface area contributed by atoms with Crippen molar-refractivity contribution >= 4 is 5.97 Å². The molecule has 2 aromatic rings. The van der Waals surface area contributed by atoms with Crippen LogP contribution in [0.1, 0.15) is 36.5 Å². The molecule has 0 amide bonds. The van der Waals surface area contributed by atoms with Crippen molar-refractivity contribution in [2.45, 2.75) is 32.8 Å². The lowest BCUT2D eigenvalue weighted by atomic mass is 10.0. The Morgan fingerprint density at radius 2 is 1.76 bits per heavy atom. The molecule has 0 fully saturated rings. The molecule has 0 aliphatic rings.